The van der Waals surface area contributed by atoms with Gasteiger partial charge < -0.3 is 19.7 Å². The van der Waals surface area contributed by atoms with Crippen molar-refractivity contribution in [1.82, 2.24) is 29.7 Å². The maximum atomic E-state index is 14.0. The van der Waals surface area contributed by atoms with Crippen LogP contribution >= 0.6 is 0 Å². The largest absolute Gasteiger partial charge is 0.497 e. The monoisotopic (exact) mass is 692 g/mol. The molecule has 0 saturated heterocycles. The molecule has 0 radical (unpaired) electrons. The molecule has 2 N–H and O–H groups in total. The third-order valence-electron chi connectivity index (χ3n) is 9.56. The number of rotatable bonds is 9. The Kier molecular flexibility index (Phi) is 9.96. The number of methoxy groups -OCH3 is 1. The van der Waals surface area contributed by atoms with Gasteiger partial charge in [-0.2, -0.15) is 5.10 Å². The number of fused-ring (bicyclic) bond motifs is 2. The Morgan fingerprint density at radius 3 is 2.69 bits per heavy atom. The summed E-state index contributed by atoms with van der Waals surface area (Å²) in [6, 6.07) is 9.11. The molecule has 262 valence electrons. The Hall–Kier alpha value is -4.46. The number of ether oxygens (including phenoxy) is 2. The highest BCUT2D eigenvalue weighted by molar-refractivity contribution is 7.91. The van der Waals surface area contributed by atoms with Crippen LogP contribution in [0.4, 0.5) is 0 Å². The predicted molar refractivity (Wildman–Crippen MR) is 183 cm³/mol. The minimum absolute atomic E-state index is 0.0797. The zero-order valence-corrected chi connectivity index (χ0v) is 29.0. The Morgan fingerprint density at radius 2 is 1.96 bits per heavy atom. The lowest BCUT2D eigenvalue weighted by atomic mass is 9.98. The molecule has 49 heavy (non-hydrogen) atoms. The molecule has 3 aromatic rings. The van der Waals surface area contributed by atoms with E-state index < -0.39 is 38.5 Å². The Balaban J connectivity index is 1.25. The maximum Gasteiger partial charge on any atom is 0.259 e. The number of amides is 3. The van der Waals surface area contributed by atoms with E-state index in [1.807, 2.05) is 37.3 Å². The van der Waals surface area contributed by atoms with Gasteiger partial charge in [-0.1, -0.05) is 18.6 Å². The standard InChI is InChI=1S/C35H44N6O7S/c1-23-14-17-41(38-23)31-21-30(28-13-10-26(47-3)20-29(28)36-31)48-18-15-24-19-32(42)40(2)16-8-6-4-5-7-9-25-22-35(25,37-33(24)43)34(44)39-49(45,46)27-11-12-27/h7,9-10,13-14,17,20-21,24-25,27H,4-6,8,11-12,15-16,18-19,22H2,1-3H3,(H,37,43)(H,39,44)/b9-7-/t24-,25-,35-/m1/s1. The molecule has 2 aliphatic carbocycles. The van der Waals surface area contributed by atoms with E-state index in [2.05, 4.69) is 15.1 Å². The number of hydrogen-bond donors (Lipinski definition) is 2. The van der Waals surface area contributed by atoms with Gasteiger partial charge in [0.05, 0.1) is 30.2 Å². The number of allylic oxidation sites excluding steroid dienone is 1. The number of carbonyl (C=O) groups is 3. The first-order chi connectivity index (χ1) is 23.5. The fourth-order valence-electron chi connectivity index (χ4n) is 6.23. The second-order valence-corrected chi connectivity index (χ2v) is 15.3. The van der Waals surface area contributed by atoms with Crippen molar-refractivity contribution < 1.29 is 32.3 Å². The van der Waals surface area contributed by atoms with E-state index >= 15 is 0 Å². The minimum Gasteiger partial charge on any atom is -0.497 e. The fourth-order valence-corrected chi connectivity index (χ4v) is 7.60. The highest BCUT2D eigenvalue weighted by Crippen LogP contribution is 2.46. The smallest absolute Gasteiger partial charge is 0.259 e. The number of benzene rings is 1. The summed E-state index contributed by atoms with van der Waals surface area (Å²) < 4.78 is 41.0. The van der Waals surface area contributed by atoms with Crippen molar-refractivity contribution in [3.05, 3.63) is 54.4 Å². The van der Waals surface area contributed by atoms with E-state index in [1.165, 1.54) is 0 Å². The maximum absolute atomic E-state index is 14.0. The van der Waals surface area contributed by atoms with Gasteiger partial charge >= 0.3 is 0 Å². The van der Waals surface area contributed by atoms with Crippen LogP contribution in [0.15, 0.2) is 48.7 Å². The molecule has 13 nitrogen and oxygen atoms in total. The van der Waals surface area contributed by atoms with E-state index in [4.69, 9.17) is 14.5 Å². The summed E-state index contributed by atoms with van der Waals surface area (Å²) in [7, 11) is -0.512. The van der Waals surface area contributed by atoms with Crippen molar-refractivity contribution in [3.8, 4) is 17.3 Å². The topological polar surface area (TPSA) is 162 Å². The number of aryl methyl sites for hydroxylation is 1. The van der Waals surface area contributed by atoms with E-state index in [0.717, 1.165) is 36.8 Å². The molecule has 3 heterocycles. The summed E-state index contributed by atoms with van der Waals surface area (Å²) in [5.74, 6) is -0.914. The van der Waals surface area contributed by atoms with E-state index in [1.54, 1.807) is 42.1 Å². The van der Waals surface area contributed by atoms with Gasteiger partial charge in [0, 0.05) is 55.6 Å². The molecule has 0 bridgehead atoms. The van der Waals surface area contributed by atoms with Crippen LogP contribution < -0.4 is 19.5 Å². The van der Waals surface area contributed by atoms with Crippen molar-refractivity contribution in [1.29, 1.82) is 0 Å². The number of pyridine rings is 1. The molecule has 1 aromatic carbocycles. The van der Waals surface area contributed by atoms with Crippen molar-refractivity contribution in [2.24, 2.45) is 11.8 Å². The van der Waals surface area contributed by atoms with Gasteiger partial charge in [-0.25, -0.2) is 18.1 Å². The lowest BCUT2D eigenvalue weighted by Crippen LogP contribution is -2.54. The summed E-state index contributed by atoms with van der Waals surface area (Å²) in [6.07, 6.45) is 10.6. The van der Waals surface area contributed by atoms with Crippen LogP contribution in [-0.2, 0) is 24.4 Å². The van der Waals surface area contributed by atoms with Crippen molar-refractivity contribution in [2.75, 3.05) is 27.3 Å². The number of sulfonamides is 1. The van der Waals surface area contributed by atoms with Crippen LogP contribution in [0.3, 0.4) is 0 Å². The average Bonchev–Trinajstić information content (AvgIpc) is 4.00. The predicted octanol–water partition coefficient (Wildman–Crippen LogP) is 3.58. The van der Waals surface area contributed by atoms with Crippen molar-refractivity contribution in [3.63, 3.8) is 0 Å². The van der Waals surface area contributed by atoms with Gasteiger partial charge in [0.1, 0.15) is 17.0 Å². The summed E-state index contributed by atoms with van der Waals surface area (Å²) in [6.45, 7) is 2.54. The van der Waals surface area contributed by atoms with Gasteiger partial charge in [0.25, 0.3) is 5.91 Å². The Morgan fingerprint density at radius 1 is 1.14 bits per heavy atom. The second kappa shape index (κ2) is 14.2. The lowest BCUT2D eigenvalue weighted by molar-refractivity contribution is -0.137. The molecule has 0 spiro atoms. The summed E-state index contributed by atoms with van der Waals surface area (Å²) in [5, 5.41) is 7.53. The normalized spacial score (nSPS) is 24.3. The molecule has 3 atom stereocenters. The number of aromatic nitrogens is 3. The number of nitrogens with zero attached hydrogens (tertiary/aromatic N) is 4. The molecular formula is C35H44N6O7S. The van der Waals surface area contributed by atoms with Crippen LogP contribution in [0.25, 0.3) is 16.7 Å². The zero-order chi connectivity index (χ0) is 34.8. The van der Waals surface area contributed by atoms with Crippen molar-refractivity contribution >= 4 is 38.6 Å². The third kappa shape index (κ3) is 7.90. The highest BCUT2D eigenvalue weighted by Gasteiger charge is 2.61. The van der Waals surface area contributed by atoms with Crippen molar-refractivity contribution in [2.45, 2.75) is 75.5 Å². The van der Waals surface area contributed by atoms with Gasteiger partial charge in [-0.3, -0.25) is 19.1 Å². The molecule has 14 heteroatoms. The van der Waals surface area contributed by atoms with E-state index in [-0.39, 0.29) is 37.7 Å². The van der Waals surface area contributed by atoms with Gasteiger partial charge in [0.15, 0.2) is 5.82 Å². The molecular weight excluding hydrogens is 648 g/mol. The van der Waals surface area contributed by atoms with E-state index in [9.17, 15) is 22.8 Å². The van der Waals surface area contributed by atoms with Crippen LogP contribution in [-0.4, -0.2) is 83.9 Å². The second-order valence-electron chi connectivity index (χ2n) is 13.3. The fraction of sp³-hybridized carbons (Fsp3) is 0.514. The highest BCUT2D eigenvalue weighted by atomic mass is 32.2. The molecule has 0 unspecified atom stereocenters. The molecule has 6 rings (SSSR count). The molecule has 2 fully saturated rings. The van der Waals surface area contributed by atoms with Crippen LogP contribution in [0.1, 0.15) is 63.5 Å². The van der Waals surface area contributed by atoms with Crippen LogP contribution in [0.2, 0.25) is 0 Å². The SMILES string of the molecule is COc1ccc2c(OCC[C@@H]3CC(=O)N(C)CCCCC/C=C\[C@@H]4C[C@@]4(C(=O)NS(=O)(=O)C4CC4)NC3=O)cc(-n3ccc(C)n3)nc2c1. The van der Waals surface area contributed by atoms with Gasteiger partial charge in [-0.05, 0) is 70.1 Å². The first kappa shape index (κ1) is 34.4. The zero-order valence-electron chi connectivity index (χ0n) is 28.2. The molecule has 1 aliphatic heterocycles. The first-order valence-electron chi connectivity index (χ1n) is 16.9. The number of carbonyl (C=O) groups excluding carboxylic acids is 3. The van der Waals surface area contributed by atoms with E-state index in [0.29, 0.717) is 42.2 Å². The Labute approximate surface area is 286 Å². The minimum atomic E-state index is -3.82. The summed E-state index contributed by atoms with van der Waals surface area (Å²) in [5.41, 5.74) is 0.0523. The summed E-state index contributed by atoms with van der Waals surface area (Å²) >= 11 is 0. The number of hydrogen-bond acceptors (Lipinski definition) is 9. The first-order valence-corrected chi connectivity index (χ1v) is 18.5. The summed E-state index contributed by atoms with van der Waals surface area (Å²) in [4.78, 5) is 47.3. The Bertz CT molecular complexity index is 1870. The average molecular weight is 693 g/mol. The van der Waals surface area contributed by atoms with Gasteiger partial charge in [0.2, 0.25) is 21.8 Å². The van der Waals surface area contributed by atoms with Gasteiger partial charge in [-0.15, -0.1) is 0 Å². The molecule has 3 aliphatic rings. The molecule has 2 saturated carbocycles. The molecule has 2 aromatic heterocycles. The molecule has 3 amide bonds. The third-order valence-corrected chi connectivity index (χ3v) is 11.4. The van der Waals surface area contributed by atoms with Crippen LogP contribution in [0, 0.1) is 18.8 Å². The van der Waals surface area contributed by atoms with Crippen LogP contribution in [0.5, 0.6) is 11.5 Å². The quantitative estimate of drug-likeness (QED) is 0.320. The lowest BCUT2D eigenvalue weighted by Gasteiger charge is -2.25. The number of nitrogens with one attached hydrogen (secondary N) is 2.